The highest BCUT2D eigenvalue weighted by atomic mass is 32.1. The van der Waals surface area contributed by atoms with E-state index in [1.54, 1.807) is 11.3 Å². The minimum Gasteiger partial charge on any atom is -0.392 e. The molecule has 2 N–H and O–H groups in total. The average molecular weight is 197 g/mol. The van der Waals surface area contributed by atoms with Crippen molar-refractivity contribution in [3.05, 3.63) is 22.4 Å². The molecule has 13 heavy (non-hydrogen) atoms. The van der Waals surface area contributed by atoms with E-state index in [1.807, 2.05) is 0 Å². The van der Waals surface area contributed by atoms with Crippen molar-refractivity contribution in [2.24, 2.45) is 5.92 Å². The predicted molar refractivity (Wildman–Crippen MR) is 55.0 cm³/mol. The van der Waals surface area contributed by atoms with Gasteiger partial charge in [-0.25, -0.2) is 0 Å². The molecular weight excluding hydrogens is 182 g/mol. The summed E-state index contributed by atoms with van der Waals surface area (Å²) < 4.78 is 0. The van der Waals surface area contributed by atoms with Gasteiger partial charge in [-0.2, -0.15) is 11.3 Å². The lowest BCUT2D eigenvalue weighted by Crippen LogP contribution is -2.24. The van der Waals surface area contributed by atoms with Gasteiger partial charge >= 0.3 is 0 Å². The molecule has 1 aliphatic rings. The quantitative estimate of drug-likeness (QED) is 0.764. The topological polar surface area (TPSA) is 32.3 Å². The fraction of sp³-hybridized carbons (Fsp3) is 0.600. The molecule has 0 saturated carbocycles. The monoisotopic (exact) mass is 197 g/mol. The minimum atomic E-state index is -0.162. The van der Waals surface area contributed by atoms with Crippen LogP contribution < -0.4 is 5.32 Å². The smallest absolute Gasteiger partial charge is 0.0621 e. The van der Waals surface area contributed by atoms with E-state index in [-0.39, 0.29) is 6.10 Å². The Labute approximate surface area is 82.6 Å². The largest absolute Gasteiger partial charge is 0.392 e. The lowest BCUT2D eigenvalue weighted by Gasteiger charge is -2.15. The lowest BCUT2D eigenvalue weighted by molar-refractivity contribution is 0.117. The van der Waals surface area contributed by atoms with Gasteiger partial charge in [0.2, 0.25) is 0 Å². The second-order valence-corrected chi connectivity index (χ2v) is 4.44. The van der Waals surface area contributed by atoms with Gasteiger partial charge in [-0.15, -0.1) is 0 Å². The van der Waals surface area contributed by atoms with Crippen LogP contribution in [0.2, 0.25) is 0 Å². The molecule has 0 aromatic carbocycles. The normalized spacial score (nSPS) is 24.8. The first-order chi connectivity index (χ1) is 6.36. The van der Waals surface area contributed by atoms with Gasteiger partial charge in [0.05, 0.1) is 6.10 Å². The summed E-state index contributed by atoms with van der Waals surface area (Å²) in [4.78, 5) is 0. The van der Waals surface area contributed by atoms with Crippen LogP contribution in [0.4, 0.5) is 0 Å². The molecule has 3 heteroatoms. The molecule has 2 atom stereocenters. The highest BCUT2D eigenvalue weighted by molar-refractivity contribution is 7.07. The van der Waals surface area contributed by atoms with Crippen LogP contribution >= 0.6 is 11.3 Å². The van der Waals surface area contributed by atoms with E-state index in [9.17, 15) is 5.11 Å². The molecule has 1 aliphatic heterocycles. The molecular formula is C10H15NOS. The molecule has 1 fully saturated rings. The molecule has 2 nitrogen and oxygen atoms in total. The van der Waals surface area contributed by atoms with E-state index in [1.165, 1.54) is 5.56 Å². The third kappa shape index (κ3) is 2.30. The maximum atomic E-state index is 9.89. The number of hydrogen-bond donors (Lipinski definition) is 2. The Morgan fingerprint density at radius 2 is 2.62 bits per heavy atom. The average Bonchev–Trinajstić information content (AvgIpc) is 2.74. The van der Waals surface area contributed by atoms with Crippen molar-refractivity contribution >= 4 is 11.3 Å². The Morgan fingerprint density at radius 3 is 3.23 bits per heavy atom. The number of aliphatic hydroxyl groups excluding tert-OH is 1. The van der Waals surface area contributed by atoms with Gasteiger partial charge in [0.15, 0.2) is 0 Å². The van der Waals surface area contributed by atoms with Gasteiger partial charge in [0.25, 0.3) is 0 Å². The summed E-state index contributed by atoms with van der Waals surface area (Å²) in [5, 5.41) is 17.3. The summed E-state index contributed by atoms with van der Waals surface area (Å²) >= 11 is 1.70. The minimum absolute atomic E-state index is 0.162. The highest BCUT2D eigenvalue weighted by Gasteiger charge is 2.22. The zero-order valence-corrected chi connectivity index (χ0v) is 8.39. The van der Waals surface area contributed by atoms with E-state index < -0.39 is 0 Å². The van der Waals surface area contributed by atoms with Crippen LogP contribution in [0.1, 0.15) is 12.0 Å². The number of hydrogen-bond acceptors (Lipinski definition) is 3. The molecule has 0 radical (unpaired) electrons. The number of rotatable bonds is 3. The standard InChI is InChI=1S/C10H15NOS/c12-10(9-1-3-11-6-9)5-8-2-4-13-7-8/h2,4,7,9-12H,1,3,5-6H2/t9-,10?/m1/s1. The number of thiophene rings is 1. The van der Waals surface area contributed by atoms with E-state index in [4.69, 9.17) is 0 Å². The van der Waals surface area contributed by atoms with Gasteiger partial charge in [-0.3, -0.25) is 0 Å². The summed E-state index contributed by atoms with van der Waals surface area (Å²) in [6.07, 6.45) is 1.77. The zero-order valence-electron chi connectivity index (χ0n) is 7.57. The second-order valence-electron chi connectivity index (χ2n) is 3.66. The third-order valence-corrected chi connectivity index (χ3v) is 3.40. The number of nitrogens with one attached hydrogen (secondary N) is 1. The van der Waals surface area contributed by atoms with Crippen molar-refractivity contribution in [2.45, 2.75) is 18.9 Å². The van der Waals surface area contributed by atoms with Gasteiger partial charge in [-0.05, 0) is 47.7 Å². The molecule has 72 valence electrons. The van der Waals surface area contributed by atoms with Crippen molar-refractivity contribution < 1.29 is 5.11 Å². The molecule has 0 amide bonds. The maximum Gasteiger partial charge on any atom is 0.0621 e. The third-order valence-electron chi connectivity index (χ3n) is 2.67. The Kier molecular flexibility index (Phi) is 2.98. The molecule has 0 spiro atoms. The Hall–Kier alpha value is -0.380. The van der Waals surface area contributed by atoms with Gasteiger partial charge in [0.1, 0.15) is 0 Å². The van der Waals surface area contributed by atoms with Crippen LogP contribution in [-0.4, -0.2) is 24.3 Å². The summed E-state index contributed by atoms with van der Waals surface area (Å²) in [7, 11) is 0. The molecule has 1 saturated heterocycles. The van der Waals surface area contributed by atoms with Crippen molar-refractivity contribution in [1.29, 1.82) is 0 Å². The first-order valence-corrected chi connectivity index (χ1v) is 5.70. The van der Waals surface area contributed by atoms with Crippen LogP contribution in [-0.2, 0) is 6.42 Å². The lowest BCUT2D eigenvalue weighted by atomic mass is 9.97. The van der Waals surface area contributed by atoms with Crippen LogP contribution in [0, 0.1) is 5.92 Å². The Bertz CT molecular complexity index is 241. The van der Waals surface area contributed by atoms with E-state index in [2.05, 4.69) is 22.1 Å². The van der Waals surface area contributed by atoms with Crippen LogP contribution in [0.25, 0.3) is 0 Å². The predicted octanol–water partition coefficient (Wildman–Crippen LogP) is 1.26. The van der Waals surface area contributed by atoms with Crippen molar-refractivity contribution in [2.75, 3.05) is 13.1 Å². The second kappa shape index (κ2) is 4.22. The first kappa shape index (κ1) is 9.19. The SMILES string of the molecule is OC(Cc1ccsc1)[C@@H]1CCNC1. The van der Waals surface area contributed by atoms with Gasteiger partial charge in [-0.1, -0.05) is 0 Å². The van der Waals surface area contributed by atoms with Crippen molar-refractivity contribution in [3.8, 4) is 0 Å². The molecule has 2 heterocycles. The van der Waals surface area contributed by atoms with Gasteiger partial charge in [0, 0.05) is 6.54 Å². The first-order valence-electron chi connectivity index (χ1n) is 4.76. The number of aliphatic hydroxyl groups is 1. The Balaban J connectivity index is 1.87. The van der Waals surface area contributed by atoms with E-state index in [0.717, 1.165) is 25.9 Å². The highest BCUT2D eigenvalue weighted by Crippen LogP contribution is 2.17. The van der Waals surface area contributed by atoms with Crippen LogP contribution in [0.3, 0.4) is 0 Å². The summed E-state index contributed by atoms with van der Waals surface area (Å²) in [5.74, 6) is 0.458. The Morgan fingerprint density at radius 1 is 1.69 bits per heavy atom. The van der Waals surface area contributed by atoms with Crippen LogP contribution in [0.15, 0.2) is 16.8 Å². The molecule has 1 aromatic heterocycles. The summed E-state index contributed by atoms with van der Waals surface area (Å²) in [6, 6.07) is 2.09. The fourth-order valence-electron chi connectivity index (χ4n) is 1.82. The van der Waals surface area contributed by atoms with E-state index >= 15 is 0 Å². The van der Waals surface area contributed by atoms with Crippen LogP contribution in [0.5, 0.6) is 0 Å². The molecule has 0 bridgehead atoms. The zero-order chi connectivity index (χ0) is 9.10. The molecule has 0 aliphatic carbocycles. The summed E-state index contributed by atoms with van der Waals surface area (Å²) in [6.45, 7) is 2.04. The molecule has 2 rings (SSSR count). The van der Waals surface area contributed by atoms with Crippen molar-refractivity contribution in [1.82, 2.24) is 5.32 Å². The van der Waals surface area contributed by atoms with E-state index in [0.29, 0.717) is 5.92 Å². The van der Waals surface area contributed by atoms with Gasteiger partial charge < -0.3 is 10.4 Å². The fourth-order valence-corrected chi connectivity index (χ4v) is 2.50. The maximum absolute atomic E-state index is 9.89. The summed E-state index contributed by atoms with van der Waals surface area (Å²) in [5.41, 5.74) is 1.27. The van der Waals surface area contributed by atoms with Crippen molar-refractivity contribution in [3.63, 3.8) is 0 Å². The molecule has 1 unspecified atom stereocenters. The molecule has 1 aromatic rings.